The molecule has 0 aromatic heterocycles. The Morgan fingerprint density at radius 2 is 1.26 bits per heavy atom. The summed E-state index contributed by atoms with van der Waals surface area (Å²) in [6.07, 6.45) is 1.91. The van der Waals surface area contributed by atoms with Gasteiger partial charge in [-0.3, -0.25) is 0 Å². The van der Waals surface area contributed by atoms with Crippen LogP contribution in [0.3, 0.4) is 0 Å². The third-order valence-corrected chi connectivity index (χ3v) is 5.84. The Hall–Kier alpha value is -2.84. The molecule has 0 spiro atoms. The van der Waals surface area contributed by atoms with Crippen molar-refractivity contribution in [1.82, 2.24) is 4.90 Å². The van der Waals surface area contributed by atoms with E-state index in [1.807, 2.05) is 0 Å². The smallest absolute Gasteiger partial charge is 0.119 e. The monoisotopic (exact) mass is 413 g/mol. The van der Waals surface area contributed by atoms with Gasteiger partial charge < -0.3 is 9.64 Å². The van der Waals surface area contributed by atoms with Crippen LogP contribution < -0.4 is 4.74 Å². The number of hydrogen-bond acceptors (Lipinski definition) is 2. The molecular weight excluding hydrogens is 378 g/mol. The summed E-state index contributed by atoms with van der Waals surface area (Å²) < 4.78 is 5.99. The van der Waals surface area contributed by atoms with Crippen molar-refractivity contribution in [2.24, 2.45) is 0 Å². The van der Waals surface area contributed by atoms with E-state index in [2.05, 4.69) is 111 Å². The van der Waals surface area contributed by atoms with Crippen molar-refractivity contribution in [2.45, 2.75) is 33.6 Å². The van der Waals surface area contributed by atoms with Gasteiger partial charge in [0.15, 0.2) is 0 Å². The molecule has 31 heavy (non-hydrogen) atoms. The molecule has 3 aromatic rings. The van der Waals surface area contributed by atoms with Crippen LogP contribution in [0.4, 0.5) is 0 Å². The van der Waals surface area contributed by atoms with Crippen molar-refractivity contribution < 1.29 is 4.74 Å². The summed E-state index contributed by atoms with van der Waals surface area (Å²) in [4.78, 5) is 2.38. The quantitative estimate of drug-likeness (QED) is 0.315. The number of rotatable bonds is 11. The number of hydrogen-bond donors (Lipinski definition) is 0. The molecule has 0 bridgehead atoms. The molecule has 0 aliphatic rings. The molecule has 0 N–H and O–H groups in total. The van der Waals surface area contributed by atoms with Crippen molar-refractivity contribution in [3.63, 3.8) is 0 Å². The van der Waals surface area contributed by atoms with Crippen LogP contribution in [-0.4, -0.2) is 31.1 Å². The zero-order valence-corrected chi connectivity index (χ0v) is 19.2. The molecule has 3 rings (SSSR count). The van der Waals surface area contributed by atoms with Gasteiger partial charge in [-0.25, -0.2) is 0 Å². The fourth-order valence-corrected chi connectivity index (χ4v) is 4.00. The van der Waals surface area contributed by atoms with Crippen LogP contribution in [0.1, 0.15) is 43.9 Å². The second kappa shape index (κ2) is 12.1. The first-order chi connectivity index (χ1) is 15.2. The van der Waals surface area contributed by atoms with E-state index < -0.39 is 0 Å². The van der Waals surface area contributed by atoms with Gasteiger partial charge in [0, 0.05) is 6.54 Å². The Bertz CT molecular complexity index is 925. The number of nitrogens with zero attached hydrogens (tertiary/aromatic N) is 1. The molecule has 0 radical (unpaired) electrons. The van der Waals surface area contributed by atoms with Crippen LogP contribution in [0.2, 0.25) is 0 Å². The molecule has 0 aliphatic carbocycles. The van der Waals surface area contributed by atoms with Gasteiger partial charge in [-0.15, -0.1) is 0 Å². The van der Waals surface area contributed by atoms with Crippen molar-refractivity contribution in [2.75, 3.05) is 26.2 Å². The average Bonchev–Trinajstić information content (AvgIpc) is 2.84. The van der Waals surface area contributed by atoms with Crippen LogP contribution in [0.25, 0.3) is 11.1 Å². The van der Waals surface area contributed by atoms with Gasteiger partial charge >= 0.3 is 0 Å². The minimum Gasteiger partial charge on any atom is -0.492 e. The third kappa shape index (κ3) is 6.57. The minimum atomic E-state index is 0.723. The van der Waals surface area contributed by atoms with Crippen LogP contribution >= 0.6 is 0 Å². The van der Waals surface area contributed by atoms with Gasteiger partial charge in [-0.05, 0) is 65.9 Å². The van der Waals surface area contributed by atoms with E-state index in [4.69, 9.17) is 4.74 Å². The van der Waals surface area contributed by atoms with Crippen molar-refractivity contribution in [3.05, 3.63) is 102 Å². The maximum absolute atomic E-state index is 5.99. The van der Waals surface area contributed by atoms with Gasteiger partial charge in [0.2, 0.25) is 0 Å². The number of likely N-dealkylation sites (N-methyl/N-ethyl adjacent to an activating group) is 1. The molecule has 0 saturated heterocycles. The summed E-state index contributed by atoms with van der Waals surface area (Å²) >= 11 is 0. The molecule has 0 aliphatic heterocycles. The molecular formula is C29H35NO. The number of benzene rings is 3. The first kappa shape index (κ1) is 22.8. The fourth-order valence-electron chi connectivity index (χ4n) is 4.00. The predicted molar refractivity (Wildman–Crippen MR) is 133 cm³/mol. The van der Waals surface area contributed by atoms with Gasteiger partial charge in [0.05, 0.1) is 0 Å². The lowest BCUT2D eigenvalue weighted by Gasteiger charge is -2.18. The Kier molecular flexibility index (Phi) is 8.93. The van der Waals surface area contributed by atoms with E-state index in [1.165, 1.54) is 27.8 Å². The van der Waals surface area contributed by atoms with E-state index in [9.17, 15) is 0 Å². The third-order valence-electron chi connectivity index (χ3n) is 5.84. The van der Waals surface area contributed by atoms with Crippen molar-refractivity contribution in [1.29, 1.82) is 0 Å². The Balaban J connectivity index is 1.85. The van der Waals surface area contributed by atoms with E-state index in [0.29, 0.717) is 0 Å². The summed E-state index contributed by atoms with van der Waals surface area (Å²) in [5, 5.41) is 0. The lowest BCUT2D eigenvalue weighted by Crippen LogP contribution is -2.27. The minimum absolute atomic E-state index is 0.723. The maximum atomic E-state index is 5.99. The highest BCUT2D eigenvalue weighted by Crippen LogP contribution is 2.32. The van der Waals surface area contributed by atoms with Crippen LogP contribution in [-0.2, 0) is 6.42 Å². The van der Waals surface area contributed by atoms with E-state index in [-0.39, 0.29) is 0 Å². The largest absolute Gasteiger partial charge is 0.492 e. The lowest BCUT2D eigenvalue weighted by molar-refractivity contribution is 0.223. The standard InChI is InChI=1S/C29H35NO/c1-4-28(26-17-19-27(20-18-26)31-22-21-30(5-2)6-3)29(25-15-11-8-12-16-25)23-24-13-9-7-10-14-24/h7-20H,4-6,21-23H2,1-3H3/b29-28-. The van der Waals surface area contributed by atoms with Crippen LogP contribution in [0.5, 0.6) is 5.75 Å². The van der Waals surface area contributed by atoms with E-state index in [1.54, 1.807) is 0 Å². The SMILES string of the molecule is CC/C(=C(\Cc1ccccc1)c1ccccc1)c1ccc(OCCN(CC)CC)cc1. The number of allylic oxidation sites excluding steroid dienone is 2. The average molecular weight is 414 g/mol. The van der Waals surface area contributed by atoms with E-state index >= 15 is 0 Å². The summed E-state index contributed by atoms with van der Waals surface area (Å²) in [7, 11) is 0. The zero-order valence-electron chi connectivity index (χ0n) is 19.2. The topological polar surface area (TPSA) is 12.5 Å². The highest BCUT2D eigenvalue weighted by molar-refractivity contribution is 5.91. The summed E-state index contributed by atoms with van der Waals surface area (Å²) in [6, 6.07) is 30.1. The normalized spacial score (nSPS) is 12.0. The van der Waals surface area contributed by atoms with Gasteiger partial charge in [-0.1, -0.05) is 93.6 Å². The van der Waals surface area contributed by atoms with Crippen LogP contribution in [0, 0.1) is 0 Å². The fraction of sp³-hybridized carbons (Fsp3) is 0.310. The molecule has 0 unspecified atom stereocenters. The lowest BCUT2D eigenvalue weighted by atomic mass is 9.89. The first-order valence-corrected chi connectivity index (χ1v) is 11.5. The maximum Gasteiger partial charge on any atom is 0.119 e. The molecule has 0 heterocycles. The summed E-state index contributed by atoms with van der Waals surface area (Å²) in [5.74, 6) is 0.940. The first-order valence-electron chi connectivity index (χ1n) is 11.5. The van der Waals surface area contributed by atoms with Gasteiger partial charge in [0.1, 0.15) is 12.4 Å². The molecule has 2 nitrogen and oxygen atoms in total. The Morgan fingerprint density at radius 3 is 1.84 bits per heavy atom. The molecule has 0 amide bonds. The van der Waals surface area contributed by atoms with Gasteiger partial charge in [0.25, 0.3) is 0 Å². The zero-order chi connectivity index (χ0) is 21.9. The second-order valence-electron chi connectivity index (χ2n) is 7.74. The molecule has 2 heteroatoms. The predicted octanol–water partition coefficient (Wildman–Crippen LogP) is 6.97. The Labute approximate surface area is 188 Å². The van der Waals surface area contributed by atoms with Gasteiger partial charge in [-0.2, -0.15) is 0 Å². The molecule has 0 atom stereocenters. The van der Waals surface area contributed by atoms with E-state index in [0.717, 1.165) is 44.8 Å². The summed E-state index contributed by atoms with van der Waals surface area (Å²) in [5.41, 5.74) is 6.69. The summed E-state index contributed by atoms with van der Waals surface area (Å²) in [6.45, 7) is 10.4. The van der Waals surface area contributed by atoms with Crippen LogP contribution in [0.15, 0.2) is 84.9 Å². The molecule has 162 valence electrons. The molecule has 0 fully saturated rings. The number of ether oxygens (including phenoxy) is 1. The van der Waals surface area contributed by atoms with Crippen molar-refractivity contribution in [3.8, 4) is 5.75 Å². The Morgan fingerprint density at radius 1 is 0.677 bits per heavy atom. The molecule has 0 saturated carbocycles. The van der Waals surface area contributed by atoms with Crippen molar-refractivity contribution >= 4 is 11.1 Å². The molecule has 3 aromatic carbocycles. The second-order valence-corrected chi connectivity index (χ2v) is 7.74. The highest BCUT2D eigenvalue weighted by Gasteiger charge is 2.12. The highest BCUT2D eigenvalue weighted by atomic mass is 16.5.